The second-order valence-corrected chi connectivity index (χ2v) is 6.01. The number of rotatable bonds is 4. The Balaban J connectivity index is 1.88. The third-order valence-electron chi connectivity index (χ3n) is 4.47. The van der Waals surface area contributed by atoms with Gasteiger partial charge in [-0.25, -0.2) is 4.98 Å². The van der Waals surface area contributed by atoms with E-state index in [-0.39, 0.29) is 0 Å². The highest BCUT2D eigenvalue weighted by atomic mass is 16.5. The van der Waals surface area contributed by atoms with Gasteiger partial charge in [-0.15, -0.1) is 0 Å². The van der Waals surface area contributed by atoms with Crippen molar-refractivity contribution in [1.29, 1.82) is 5.26 Å². The monoisotopic (exact) mass is 339 g/mol. The molecule has 4 aromatic rings. The van der Waals surface area contributed by atoms with Crippen LogP contribution in [0.4, 0.5) is 0 Å². The predicted molar refractivity (Wildman–Crippen MR) is 102 cm³/mol. The molecule has 1 heterocycles. The van der Waals surface area contributed by atoms with Crippen molar-refractivity contribution in [2.75, 3.05) is 7.11 Å². The summed E-state index contributed by atoms with van der Waals surface area (Å²) in [6, 6.07) is 25.9. The van der Waals surface area contributed by atoms with Crippen molar-refractivity contribution in [2.45, 2.75) is 6.54 Å². The minimum absolute atomic E-state index is 0.589. The fourth-order valence-electron chi connectivity index (χ4n) is 3.13. The van der Waals surface area contributed by atoms with Crippen LogP contribution in [-0.4, -0.2) is 16.7 Å². The highest BCUT2D eigenvalue weighted by Gasteiger charge is 2.14. The lowest BCUT2D eigenvalue weighted by molar-refractivity contribution is 0.415. The predicted octanol–water partition coefficient (Wildman–Crippen LogP) is 4.63. The molecule has 0 amide bonds. The van der Waals surface area contributed by atoms with Crippen LogP contribution in [0.3, 0.4) is 0 Å². The largest absolute Gasteiger partial charge is 0.497 e. The standard InChI is InChI=1S/C22H17N3O/c1-26-19-12-10-16(11-13-19)22-24-20-8-4-5-9-21(20)25(22)15-18-7-3-2-6-17(18)14-23/h2-13H,15H2,1H3. The maximum Gasteiger partial charge on any atom is 0.141 e. The number of nitrogens with zero attached hydrogens (tertiary/aromatic N) is 3. The van der Waals surface area contributed by atoms with E-state index in [1.54, 1.807) is 7.11 Å². The summed E-state index contributed by atoms with van der Waals surface area (Å²) in [4.78, 5) is 4.83. The summed E-state index contributed by atoms with van der Waals surface area (Å²) in [5.74, 6) is 1.69. The minimum Gasteiger partial charge on any atom is -0.497 e. The van der Waals surface area contributed by atoms with Gasteiger partial charge in [0.2, 0.25) is 0 Å². The molecule has 1 aromatic heterocycles. The van der Waals surface area contributed by atoms with Gasteiger partial charge in [-0.2, -0.15) is 5.26 Å². The van der Waals surface area contributed by atoms with Crippen LogP contribution < -0.4 is 4.74 Å². The molecule has 0 aliphatic carbocycles. The zero-order valence-electron chi connectivity index (χ0n) is 14.4. The smallest absolute Gasteiger partial charge is 0.141 e. The summed E-state index contributed by atoms with van der Waals surface area (Å²) in [5, 5.41) is 9.42. The van der Waals surface area contributed by atoms with Crippen molar-refractivity contribution in [1.82, 2.24) is 9.55 Å². The molecule has 0 aliphatic heterocycles. The van der Waals surface area contributed by atoms with Crippen LogP contribution in [0, 0.1) is 11.3 Å². The molecule has 0 N–H and O–H groups in total. The fourth-order valence-corrected chi connectivity index (χ4v) is 3.13. The van der Waals surface area contributed by atoms with Gasteiger partial charge in [-0.3, -0.25) is 0 Å². The van der Waals surface area contributed by atoms with Crippen molar-refractivity contribution in [3.63, 3.8) is 0 Å². The Bertz CT molecular complexity index is 1100. The first-order chi connectivity index (χ1) is 12.8. The second-order valence-electron chi connectivity index (χ2n) is 6.01. The van der Waals surface area contributed by atoms with Crippen LogP contribution in [0.5, 0.6) is 5.75 Å². The number of aromatic nitrogens is 2. The van der Waals surface area contributed by atoms with Crippen LogP contribution in [0.1, 0.15) is 11.1 Å². The van der Waals surface area contributed by atoms with Gasteiger partial charge in [-0.05, 0) is 48.0 Å². The number of benzene rings is 3. The van der Waals surface area contributed by atoms with E-state index in [0.29, 0.717) is 12.1 Å². The van der Waals surface area contributed by atoms with Crippen molar-refractivity contribution in [2.24, 2.45) is 0 Å². The van der Waals surface area contributed by atoms with Crippen LogP contribution in [0.25, 0.3) is 22.4 Å². The molecule has 0 unspecified atom stereocenters. The van der Waals surface area contributed by atoms with Gasteiger partial charge in [0.1, 0.15) is 11.6 Å². The third-order valence-corrected chi connectivity index (χ3v) is 4.47. The Morgan fingerprint density at radius 3 is 2.46 bits per heavy atom. The molecule has 26 heavy (non-hydrogen) atoms. The van der Waals surface area contributed by atoms with E-state index in [9.17, 15) is 5.26 Å². The molecule has 0 saturated heterocycles. The van der Waals surface area contributed by atoms with Crippen molar-refractivity contribution >= 4 is 11.0 Å². The number of ether oxygens (including phenoxy) is 1. The first-order valence-electron chi connectivity index (χ1n) is 8.38. The molecule has 3 aromatic carbocycles. The Morgan fingerprint density at radius 1 is 0.962 bits per heavy atom. The molecule has 0 spiro atoms. The summed E-state index contributed by atoms with van der Waals surface area (Å²) in [6.07, 6.45) is 0. The van der Waals surface area contributed by atoms with Gasteiger partial charge in [0, 0.05) is 5.56 Å². The topological polar surface area (TPSA) is 50.8 Å². The first-order valence-corrected chi connectivity index (χ1v) is 8.38. The van der Waals surface area contributed by atoms with Gasteiger partial charge in [-0.1, -0.05) is 30.3 Å². The molecule has 4 nitrogen and oxygen atoms in total. The van der Waals surface area contributed by atoms with Crippen molar-refractivity contribution < 1.29 is 4.74 Å². The maximum absolute atomic E-state index is 9.42. The molecule has 0 fully saturated rings. The summed E-state index contributed by atoms with van der Waals surface area (Å²) in [7, 11) is 1.66. The summed E-state index contributed by atoms with van der Waals surface area (Å²) < 4.78 is 7.42. The highest BCUT2D eigenvalue weighted by molar-refractivity contribution is 5.81. The summed E-state index contributed by atoms with van der Waals surface area (Å²) in [5.41, 5.74) is 4.66. The zero-order valence-corrected chi connectivity index (χ0v) is 14.4. The quantitative estimate of drug-likeness (QED) is 0.544. The van der Waals surface area contributed by atoms with Crippen LogP contribution in [0.2, 0.25) is 0 Å². The maximum atomic E-state index is 9.42. The van der Waals surface area contributed by atoms with Gasteiger partial charge >= 0.3 is 0 Å². The van der Waals surface area contributed by atoms with Crippen molar-refractivity contribution in [3.05, 3.63) is 83.9 Å². The number of fused-ring (bicyclic) bond motifs is 1. The molecule has 0 bridgehead atoms. The van der Waals surface area contributed by atoms with E-state index in [4.69, 9.17) is 9.72 Å². The lowest BCUT2D eigenvalue weighted by Crippen LogP contribution is -2.04. The fraction of sp³-hybridized carbons (Fsp3) is 0.0909. The molecular formula is C22H17N3O. The Kier molecular flexibility index (Phi) is 4.12. The number of hydrogen-bond donors (Lipinski definition) is 0. The van der Waals surface area contributed by atoms with Gasteiger partial charge in [0.25, 0.3) is 0 Å². The van der Waals surface area contributed by atoms with E-state index in [0.717, 1.165) is 33.7 Å². The Labute approximate surface area is 151 Å². The van der Waals surface area contributed by atoms with Crippen molar-refractivity contribution in [3.8, 4) is 23.2 Å². The normalized spacial score (nSPS) is 10.6. The van der Waals surface area contributed by atoms with E-state index >= 15 is 0 Å². The third kappa shape index (κ3) is 2.80. The van der Waals surface area contributed by atoms with Crippen LogP contribution in [0.15, 0.2) is 72.8 Å². The highest BCUT2D eigenvalue weighted by Crippen LogP contribution is 2.27. The Hall–Kier alpha value is -3.58. The van der Waals surface area contributed by atoms with E-state index < -0.39 is 0 Å². The van der Waals surface area contributed by atoms with E-state index in [1.165, 1.54) is 0 Å². The van der Waals surface area contributed by atoms with Crippen LogP contribution >= 0.6 is 0 Å². The van der Waals surface area contributed by atoms with Crippen LogP contribution in [-0.2, 0) is 6.54 Å². The lowest BCUT2D eigenvalue weighted by Gasteiger charge is -2.11. The second kappa shape index (κ2) is 6.73. The first kappa shape index (κ1) is 15.9. The summed E-state index contributed by atoms with van der Waals surface area (Å²) >= 11 is 0. The molecule has 0 radical (unpaired) electrons. The molecule has 0 aliphatic rings. The lowest BCUT2D eigenvalue weighted by atomic mass is 10.1. The molecule has 0 atom stereocenters. The number of hydrogen-bond acceptors (Lipinski definition) is 3. The number of methoxy groups -OCH3 is 1. The molecule has 0 saturated carbocycles. The van der Waals surface area contributed by atoms with Gasteiger partial charge in [0.15, 0.2) is 0 Å². The van der Waals surface area contributed by atoms with E-state index in [1.807, 2.05) is 66.7 Å². The zero-order chi connectivity index (χ0) is 17.9. The molecule has 126 valence electrons. The van der Waals surface area contributed by atoms with Gasteiger partial charge in [0.05, 0.1) is 36.3 Å². The average molecular weight is 339 g/mol. The van der Waals surface area contributed by atoms with E-state index in [2.05, 4.69) is 16.7 Å². The summed E-state index contributed by atoms with van der Waals surface area (Å²) in [6.45, 7) is 0.589. The van der Waals surface area contributed by atoms with Gasteiger partial charge < -0.3 is 9.30 Å². The molecular weight excluding hydrogens is 322 g/mol. The average Bonchev–Trinajstić information content (AvgIpc) is 3.07. The minimum atomic E-state index is 0.589. The molecule has 4 heteroatoms. The SMILES string of the molecule is COc1ccc(-c2nc3ccccc3n2Cc2ccccc2C#N)cc1. The Morgan fingerprint density at radius 2 is 1.69 bits per heavy atom. The number of imidazole rings is 1. The number of nitriles is 1. The molecule has 4 rings (SSSR count). The number of para-hydroxylation sites is 2.